The Morgan fingerprint density at radius 2 is 1.93 bits per heavy atom. The average Bonchev–Trinajstić information content (AvgIpc) is 2.68. The van der Waals surface area contributed by atoms with E-state index in [1.54, 1.807) is 31.4 Å². The van der Waals surface area contributed by atoms with Crippen molar-refractivity contribution >= 4 is 29.0 Å². The third-order valence-electron chi connectivity index (χ3n) is 4.02. The Morgan fingerprint density at radius 1 is 1.11 bits per heavy atom. The van der Waals surface area contributed by atoms with Gasteiger partial charge in [-0.15, -0.1) is 10.2 Å². The Balaban J connectivity index is 1.62. The Morgan fingerprint density at radius 3 is 2.59 bits per heavy atom. The van der Waals surface area contributed by atoms with Crippen molar-refractivity contribution in [1.29, 1.82) is 0 Å². The lowest BCUT2D eigenvalue weighted by molar-refractivity contribution is 0.0945. The summed E-state index contributed by atoms with van der Waals surface area (Å²) >= 11 is 6.10. The predicted molar refractivity (Wildman–Crippen MR) is 106 cm³/mol. The van der Waals surface area contributed by atoms with Crippen LogP contribution < -0.4 is 15.4 Å². The summed E-state index contributed by atoms with van der Waals surface area (Å²) in [7, 11) is 1.56. The number of nitrogens with one attached hydrogen (secondary N) is 2. The summed E-state index contributed by atoms with van der Waals surface area (Å²) in [5, 5.41) is 14.4. The predicted octanol–water partition coefficient (Wildman–Crippen LogP) is 4.12. The minimum atomic E-state index is -0.273. The number of carbonyl (C=O) groups is 1. The molecule has 0 unspecified atom stereocenters. The maximum absolute atomic E-state index is 12.2. The minimum Gasteiger partial charge on any atom is -0.495 e. The zero-order chi connectivity index (χ0) is 19.2. The van der Waals surface area contributed by atoms with E-state index < -0.39 is 0 Å². The fraction of sp³-hybridized carbons (Fsp3) is 0.150. The maximum Gasteiger partial charge on any atom is 0.272 e. The van der Waals surface area contributed by atoms with Gasteiger partial charge in [0, 0.05) is 12.2 Å². The highest BCUT2D eigenvalue weighted by Gasteiger charge is 2.09. The van der Waals surface area contributed by atoms with Crippen molar-refractivity contribution in [3.63, 3.8) is 0 Å². The van der Waals surface area contributed by atoms with Crippen LogP contribution in [0.15, 0.2) is 54.6 Å². The molecule has 0 saturated heterocycles. The molecule has 1 aromatic heterocycles. The summed E-state index contributed by atoms with van der Waals surface area (Å²) in [6.45, 7) is 2.45. The summed E-state index contributed by atoms with van der Waals surface area (Å²) in [5.41, 5.74) is 3.18. The topological polar surface area (TPSA) is 76.1 Å². The van der Waals surface area contributed by atoms with Gasteiger partial charge >= 0.3 is 0 Å². The molecule has 1 amide bonds. The van der Waals surface area contributed by atoms with Gasteiger partial charge in [0.15, 0.2) is 11.5 Å². The van der Waals surface area contributed by atoms with Gasteiger partial charge in [-0.3, -0.25) is 4.79 Å². The number of ether oxygens (including phenoxy) is 1. The number of rotatable bonds is 6. The highest BCUT2D eigenvalue weighted by molar-refractivity contribution is 6.32. The molecule has 0 spiro atoms. The lowest BCUT2D eigenvalue weighted by Crippen LogP contribution is -2.24. The van der Waals surface area contributed by atoms with Crippen LogP contribution in [-0.4, -0.2) is 23.2 Å². The molecule has 0 aliphatic carbocycles. The van der Waals surface area contributed by atoms with Gasteiger partial charge in [0.05, 0.1) is 12.1 Å². The van der Waals surface area contributed by atoms with Crippen molar-refractivity contribution in [1.82, 2.24) is 15.5 Å². The molecular weight excluding hydrogens is 364 g/mol. The molecule has 27 heavy (non-hydrogen) atoms. The number of halogens is 1. The summed E-state index contributed by atoms with van der Waals surface area (Å²) in [6, 6.07) is 16.5. The number of aryl methyl sites for hydroxylation is 1. The molecule has 0 bridgehead atoms. The second kappa shape index (κ2) is 8.51. The number of hydrogen-bond acceptors (Lipinski definition) is 5. The van der Waals surface area contributed by atoms with Crippen LogP contribution in [0.1, 0.15) is 21.6 Å². The smallest absolute Gasteiger partial charge is 0.272 e. The van der Waals surface area contributed by atoms with Gasteiger partial charge < -0.3 is 15.4 Å². The van der Waals surface area contributed by atoms with Crippen molar-refractivity contribution in [2.75, 3.05) is 12.4 Å². The number of carbonyl (C=O) groups excluding carboxylic acids is 1. The van der Waals surface area contributed by atoms with E-state index in [0.717, 1.165) is 16.8 Å². The largest absolute Gasteiger partial charge is 0.495 e. The quantitative estimate of drug-likeness (QED) is 0.670. The van der Waals surface area contributed by atoms with Crippen molar-refractivity contribution in [3.8, 4) is 5.75 Å². The third kappa shape index (κ3) is 4.74. The molecule has 3 aromatic rings. The van der Waals surface area contributed by atoms with Gasteiger partial charge in [-0.1, -0.05) is 35.9 Å². The number of methoxy groups -OCH3 is 1. The molecule has 0 radical (unpaired) electrons. The Bertz CT molecular complexity index is 945. The Hall–Kier alpha value is -3.12. The molecule has 2 aromatic carbocycles. The average molecular weight is 383 g/mol. The van der Waals surface area contributed by atoms with Crippen molar-refractivity contribution < 1.29 is 9.53 Å². The fourth-order valence-electron chi connectivity index (χ4n) is 2.49. The first-order valence-electron chi connectivity index (χ1n) is 8.34. The van der Waals surface area contributed by atoms with E-state index in [0.29, 0.717) is 23.1 Å². The van der Waals surface area contributed by atoms with Crippen LogP contribution in [0.2, 0.25) is 5.02 Å². The van der Waals surface area contributed by atoms with E-state index in [2.05, 4.69) is 20.8 Å². The van der Waals surface area contributed by atoms with Gasteiger partial charge in [0.25, 0.3) is 5.91 Å². The van der Waals surface area contributed by atoms with Gasteiger partial charge in [0.1, 0.15) is 5.75 Å². The van der Waals surface area contributed by atoms with Crippen molar-refractivity contribution in [2.45, 2.75) is 13.5 Å². The van der Waals surface area contributed by atoms with E-state index in [-0.39, 0.29) is 11.6 Å². The normalized spacial score (nSPS) is 10.3. The van der Waals surface area contributed by atoms with Crippen LogP contribution >= 0.6 is 11.6 Å². The monoisotopic (exact) mass is 382 g/mol. The van der Waals surface area contributed by atoms with Crippen LogP contribution in [-0.2, 0) is 6.54 Å². The van der Waals surface area contributed by atoms with Crippen molar-refractivity contribution in [3.05, 3.63) is 76.4 Å². The third-order valence-corrected chi connectivity index (χ3v) is 4.32. The SMILES string of the molecule is COc1ccc(Nc2ccc(C(=O)NCc3ccccc3C)nn2)cc1Cl. The molecular formula is C20H19ClN4O2. The van der Waals surface area contributed by atoms with E-state index in [9.17, 15) is 4.79 Å². The fourth-order valence-corrected chi connectivity index (χ4v) is 2.74. The zero-order valence-electron chi connectivity index (χ0n) is 15.0. The zero-order valence-corrected chi connectivity index (χ0v) is 15.7. The molecule has 0 atom stereocenters. The van der Waals surface area contributed by atoms with Crippen LogP contribution in [0.5, 0.6) is 5.75 Å². The maximum atomic E-state index is 12.2. The summed E-state index contributed by atoms with van der Waals surface area (Å²) in [6.07, 6.45) is 0. The van der Waals surface area contributed by atoms with Crippen LogP contribution in [0.4, 0.5) is 11.5 Å². The lowest BCUT2D eigenvalue weighted by atomic mass is 10.1. The molecule has 0 aliphatic rings. The van der Waals surface area contributed by atoms with Crippen LogP contribution in [0.3, 0.4) is 0 Å². The summed E-state index contributed by atoms with van der Waals surface area (Å²) in [5.74, 6) is 0.824. The number of nitrogens with zero attached hydrogens (tertiary/aromatic N) is 2. The Kier molecular flexibility index (Phi) is 5.88. The van der Waals surface area contributed by atoms with E-state index >= 15 is 0 Å². The molecule has 2 N–H and O–H groups in total. The number of hydrogen-bond donors (Lipinski definition) is 2. The second-order valence-electron chi connectivity index (χ2n) is 5.89. The molecule has 0 fully saturated rings. The minimum absolute atomic E-state index is 0.252. The van der Waals surface area contributed by atoms with Gasteiger partial charge in [-0.25, -0.2) is 0 Å². The first-order chi connectivity index (χ1) is 13.1. The second-order valence-corrected chi connectivity index (χ2v) is 6.29. The summed E-state index contributed by atoms with van der Waals surface area (Å²) in [4.78, 5) is 12.2. The van der Waals surface area contributed by atoms with Gasteiger partial charge in [-0.2, -0.15) is 0 Å². The van der Waals surface area contributed by atoms with E-state index in [4.69, 9.17) is 16.3 Å². The highest BCUT2D eigenvalue weighted by atomic mass is 35.5. The molecule has 0 aliphatic heterocycles. The van der Waals surface area contributed by atoms with Gasteiger partial charge in [0.2, 0.25) is 0 Å². The summed E-state index contributed by atoms with van der Waals surface area (Å²) < 4.78 is 5.12. The van der Waals surface area contributed by atoms with Crippen molar-refractivity contribution in [2.24, 2.45) is 0 Å². The van der Waals surface area contributed by atoms with Crippen LogP contribution in [0.25, 0.3) is 0 Å². The van der Waals surface area contributed by atoms with E-state index in [1.165, 1.54) is 0 Å². The molecule has 7 heteroatoms. The number of amides is 1. The standard InChI is InChI=1S/C20H19ClN4O2/c1-13-5-3-4-6-14(13)12-22-20(26)17-8-10-19(25-24-17)23-15-7-9-18(27-2)16(21)11-15/h3-11H,12H2,1-2H3,(H,22,26)(H,23,25). The number of benzene rings is 2. The first kappa shape index (κ1) is 18.7. The molecule has 6 nitrogen and oxygen atoms in total. The first-order valence-corrected chi connectivity index (χ1v) is 8.71. The molecule has 1 heterocycles. The van der Waals surface area contributed by atoms with Crippen LogP contribution in [0, 0.1) is 6.92 Å². The Labute approximate surface area is 162 Å². The molecule has 138 valence electrons. The molecule has 0 saturated carbocycles. The molecule has 3 rings (SSSR count). The highest BCUT2D eigenvalue weighted by Crippen LogP contribution is 2.28. The number of aromatic nitrogens is 2. The van der Waals surface area contributed by atoms with Gasteiger partial charge in [-0.05, 0) is 48.4 Å². The lowest BCUT2D eigenvalue weighted by Gasteiger charge is -2.09. The van der Waals surface area contributed by atoms with E-state index in [1.807, 2.05) is 37.3 Å². The number of anilines is 2.